The van der Waals surface area contributed by atoms with Gasteiger partial charge in [-0.25, -0.2) is 0 Å². The number of esters is 1. The molecule has 1 N–H and O–H groups in total. The molecule has 0 aromatic heterocycles. The van der Waals surface area contributed by atoms with Gasteiger partial charge >= 0.3 is 5.97 Å². The third-order valence-corrected chi connectivity index (χ3v) is 5.11. The second kappa shape index (κ2) is 11.1. The number of anilines is 1. The molecular formula is C24H28N2O4. The number of hydrogen-bond acceptors (Lipinski definition) is 4. The highest BCUT2D eigenvalue weighted by molar-refractivity contribution is 5.96. The lowest BCUT2D eigenvalue weighted by atomic mass is 10.1. The van der Waals surface area contributed by atoms with Gasteiger partial charge in [-0.15, -0.1) is 0 Å². The standard InChI is InChI=1S/C24H28N2O4/c27-22(13-14-23(28)30-18-15-19-7-3-1-4-8-19)25-21-11-9-20(10-12-21)24(29)26-16-5-2-6-17-26/h1,3-4,7-12H,2,5-6,13-18H2,(H,25,27). The van der Waals surface area contributed by atoms with Crippen LogP contribution in [-0.2, 0) is 20.7 Å². The van der Waals surface area contributed by atoms with E-state index in [0.717, 1.165) is 31.5 Å². The minimum Gasteiger partial charge on any atom is -0.465 e. The van der Waals surface area contributed by atoms with E-state index in [2.05, 4.69) is 5.32 Å². The summed E-state index contributed by atoms with van der Waals surface area (Å²) in [6.07, 6.45) is 4.02. The van der Waals surface area contributed by atoms with Crippen molar-refractivity contribution in [1.82, 2.24) is 4.90 Å². The van der Waals surface area contributed by atoms with Gasteiger partial charge in [0.15, 0.2) is 0 Å². The van der Waals surface area contributed by atoms with Crippen molar-refractivity contribution in [3.05, 3.63) is 65.7 Å². The molecule has 0 bridgehead atoms. The third kappa shape index (κ3) is 6.72. The van der Waals surface area contributed by atoms with Crippen molar-refractivity contribution >= 4 is 23.5 Å². The molecule has 6 nitrogen and oxygen atoms in total. The fraction of sp³-hybridized carbons (Fsp3) is 0.375. The average Bonchev–Trinajstić information content (AvgIpc) is 2.79. The van der Waals surface area contributed by atoms with Crippen LogP contribution in [0.3, 0.4) is 0 Å². The highest BCUT2D eigenvalue weighted by Gasteiger charge is 2.18. The summed E-state index contributed by atoms with van der Waals surface area (Å²) in [4.78, 5) is 38.3. The van der Waals surface area contributed by atoms with Crippen LogP contribution < -0.4 is 5.32 Å². The summed E-state index contributed by atoms with van der Waals surface area (Å²) in [5.74, 6) is -0.612. The number of benzene rings is 2. The number of amides is 2. The number of carbonyl (C=O) groups excluding carboxylic acids is 3. The molecule has 2 aromatic carbocycles. The van der Waals surface area contributed by atoms with Gasteiger partial charge in [-0.05, 0) is 49.1 Å². The van der Waals surface area contributed by atoms with Crippen molar-refractivity contribution in [2.24, 2.45) is 0 Å². The Morgan fingerprint density at radius 3 is 2.27 bits per heavy atom. The molecule has 1 heterocycles. The second-order valence-corrected chi connectivity index (χ2v) is 7.43. The van der Waals surface area contributed by atoms with Gasteiger partial charge in [0.2, 0.25) is 5.91 Å². The summed E-state index contributed by atoms with van der Waals surface area (Å²) in [6.45, 7) is 1.91. The van der Waals surface area contributed by atoms with Crippen molar-refractivity contribution in [1.29, 1.82) is 0 Å². The Hall–Kier alpha value is -3.15. The Labute approximate surface area is 177 Å². The minimum absolute atomic E-state index is 0.0332. The SMILES string of the molecule is O=C(CCC(=O)OCCc1ccccc1)Nc1ccc(C(=O)N2CCCCC2)cc1. The Morgan fingerprint density at radius 2 is 1.57 bits per heavy atom. The van der Waals surface area contributed by atoms with Gasteiger partial charge in [0.1, 0.15) is 0 Å². The van der Waals surface area contributed by atoms with Crippen LogP contribution in [0.4, 0.5) is 5.69 Å². The quantitative estimate of drug-likeness (QED) is 0.674. The molecule has 2 aromatic rings. The first-order chi connectivity index (χ1) is 14.6. The molecule has 2 amide bonds. The number of likely N-dealkylation sites (tertiary alicyclic amines) is 1. The number of rotatable bonds is 8. The Kier molecular flexibility index (Phi) is 8.01. The monoisotopic (exact) mass is 408 g/mol. The maximum absolute atomic E-state index is 12.5. The minimum atomic E-state index is -0.386. The van der Waals surface area contributed by atoms with E-state index in [0.29, 0.717) is 24.3 Å². The number of nitrogens with zero attached hydrogens (tertiary/aromatic N) is 1. The first-order valence-electron chi connectivity index (χ1n) is 10.5. The van der Waals surface area contributed by atoms with Crippen molar-refractivity contribution in [3.8, 4) is 0 Å². The molecule has 0 aliphatic carbocycles. The second-order valence-electron chi connectivity index (χ2n) is 7.43. The molecule has 0 radical (unpaired) electrons. The van der Waals surface area contributed by atoms with Crippen molar-refractivity contribution in [2.75, 3.05) is 25.0 Å². The van der Waals surface area contributed by atoms with Gasteiger partial charge in [-0.3, -0.25) is 14.4 Å². The normalized spacial score (nSPS) is 13.5. The summed E-state index contributed by atoms with van der Waals surface area (Å²) in [5, 5.41) is 2.75. The number of ether oxygens (including phenoxy) is 1. The highest BCUT2D eigenvalue weighted by Crippen LogP contribution is 2.16. The Balaban J connectivity index is 1.37. The van der Waals surface area contributed by atoms with Gasteiger partial charge in [0.05, 0.1) is 13.0 Å². The van der Waals surface area contributed by atoms with E-state index in [1.165, 1.54) is 6.42 Å². The fourth-order valence-electron chi connectivity index (χ4n) is 3.41. The zero-order valence-corrected chi connectivity index (χ0v) is 17.1. The van der Waals surface area contributed by atoms with E-state index in [1.54, 1.807) is 24.3 Å². The Bertz CT molecular complexity index is 843. The topological polar surface area (TPSA) is 75.7 Å². The maximum atomic E-state index is 12.5. The first kappa shape index (κ1) is 21.6. The molecule has 1 aliphatic heterocycles. The van der Waals surface area contributed by atoms with Crippen LogP contribution >= 0.6 is 0 Å². The lowest BCUT2D eigenvalue weighted by molar-refractivity contribution is -0.144. The largest absolute Gasteiger partial charge is 0.465 e. The lowest BCUT2D eigenvalue weighted by Crippen LogP contribution is -2.35. The predicted molar refractivity (Wildman–Crippen MR) is 115 cm³/mol. The number of piperidine rings is 1. The van der Waals surface area contributed by atoms with Crippen molar-refractivity contribution in [3.63, 3.8) is 0 Å². The molecule has 1 fully saturated rings. The molecule has 6 heteroatoms. The van der Waals surface area contributed by atoms with Gasteiger partial charge in [0, 0.05) is 37.2 Å². The molecule has 158 valence electrons. The molecule has 1 aliphatic rings. The van der Waals surface area contributed by atoms with E-state index < -0.39 is 0 Å². The van der Waals surface area contributed by atoms with Gasteiger partial charge in [-0.2, -0.15) is 0 Å². The van der Waals surface area contributed by atoms with Crippen LogP contribution in [0.15, 0.2) is 54.6 Å². The number of hydrogen-bond donors (Lipinski definition) is 1. The van der Waals surface area contributed by atoms with Gasteiger partial charge in [-0.1, -0.05) is 30.3 Å². The van der Waals surface area contributed by atoms with Crippen LogP contribution in [0, 0.1) is 0 Å². The van der Waals surface area contributed by atoms with Crippen LogP contribution in [0.25, 0.3) is 0 Å². The number of nitrogens with one attached hydrogen (secondary N) is 1. The van der Waals surface area contributed by atoms with E-state index in [-0.39, 0.29) is 30.6 Å². The summed E-state index contributed by atoms with van der Waals surface area (Å²) in [7, 11) is 0. The molecular weight excluding hydrogens is 380 g/mol. The molecule has 0 unspecified atom stereocenters. The van der Waals surface area contributed by atoms with E-state index in [9.17, 15) is 14.4 Å². The fourth-order valence-corrected chi connectivity index (χ4v) is 3.41. The molecule has 0 saturated carbocycles. The highest BCUT2D eigenvalue weighted by atomic mass is 16.5. The van der Waals surface area contributed by atoms with Gasteiger partial charge < -0.3 is 15.0 Å². The third-order valence-electron chi connectivity index (χ3n) is 5.11. The number of carbonyl (C=O) groups is 3. The van der Waals surface area contributed by atoms with Crippen LogP contribution in [0.1, 0.15) is 48.0 Å². The first-order valence-corrected chi connectivity index (χ1v) is 10.5. The molecule has 3 rings (SSSR count). The van der Waals surface area contributed by atoms with Gasteiger partial charge in [0.25, 0.3) is 5.91 Å². The zero-order valence-electron chi connectivity index (χ0n) is 17.1. The maximum Gasteiger partial charge on any atom is 0.306 e. The molecule has 0 atom stereocenters. The average molecular weight is 408 g/mol. The summed E-state index contributed by atoms with van der Waals surface area (Å²) in [5.41, 5.74) is 2.33. The van der Waals surface area contributed by atoms with E-state index in [4.69, 9.17) is 4.74 Å². The molecule has 0 spiro atoms. The van der Waals surface area contributed by atoms with Crippen LogP contribution in [0.5, 0.6) is 0 Å². The van der Waals surface area contributed by atoms with E-state index >= 15 is 0 Å². The summed E-state index contributed by atoms with van der Waals surface area (Å²) in [6, 6.07) is 16.7. The summed E-state index contributed by atoms with van der Waals surface area (Å²) >= 11 is 0. The lowest BCUT2D eigenvalue weighted by Gasteiger charge is -2.26. The van der Waals surface area contributed by atoms with Crippen molar-refractivity contribution < 1.29 is 19.1 Å². The van der Waals surface area contributed by atoms with E-state index in [1.807, 2.05) is 35.2 Å². The van der Waals surface area contributed by atoms with Crippen molar-refractivity contribution in [2.45, 2.75) is 38.5 Å². The predicted octanol–water partition coefficient (Wildman–Crippen LogP) is 3.82. The smallest absolute Gasteiger partial charge is 0.306 e. The Morgan fingerprint density at radius 1 is 0.867 bits per heavy atom. The van der Waals surface area contributed by atoms with Crippen LogP contribution in [-0.4, -0.2) is 42.4 Å². The zero-order chi connectivity index (χ0) is 21.2. The molecule has 30 heavy (non-hydrogen) atoms. The van der Waals surface area contributed by atoms with Crippen LogP contribution in [0.2, 0.25) is 0 Å². The molecule has 1 saturated heterocycles. The summed E-state index contributed by atoms with van der Waals surface area (Å²) < 4.78 is 5.19.